The molecule has 1 aromatic heterocycles. The van der Waals surface area contributed by atoms with Crippen LogP contribution in [0.2, 0.25) is 5.02 Å². The summed E-state index contributed by atoms with van der Waals surface area (Å²) < 4.78 is 26.0. The predicted molar refractivity (Wildman–Crippen MR) is 134 cm³/mol. The van der Waals surface area contributed by atoms with Gasteiger partial charge in [-0.05, 0) is 43.1 Å². The van der Waals surface area contributed by atoms with Crippen LogP contribution in [0.3, 0.4) is 0 Å². The molecule has 7 nitrogen and oxygen atoms in total. The number of allylic oxidation sites excluding steroid dienone is 1. The van der Waals surface area contributed by atoms with Crippen LogP contribution < -0.4 is 5.32 Å². The summed E-state index contributed by atoms with van der Waals surface area (Å²) in [7, 11) is -3.39. The van der Waals surface area contributed by atoms with Crippen molar-refractivity contribution in [3.63, 3.8) is 0 Å². The summed E-state index contributed by atoms with van der Waals surface area (Å²) in [5.74, 6) is -0.135. The van der Waals surface area contributed by atoms with Crippen LogP contribution in [0.5, 0.6) is 0 Å². The molecular formula is C26H23ClN4O3S. The van der Waals surface area contributed by atoms with Crippen LogP contribution in [0.4, 0.5) is 0 Å². The molecule has 178 valence electrons. The van der Waals surface area contributed by atoms with Crippen LogP contribution in [0.15, 0.2) is 59.6 Å². The summed E-state index contributed by atoms with van der Waals surface area (Å²) in [6.45, 7) is 1.79. The van der Waals surface area contributed by atoms with Crippen molar-refractivity contribution in [3.05, 3.63) is 82.3 Å². The number of nitrogens with zero attached hydrogens (tertiary/aromatic N) is 3. The Hall–Kier alpha value is -3.07. The molecule has 1 atom stereocenters. The van der Waals surface area contributed by atoms with E-state index in [2.05, 4.69) is 10.3 Å². The van der Waals surface area contributed by atoms with Gasteiger partial charge in [0.1, 0.15) is 5.69 Å². The van der Waals surface area contributed by atoms with E-state index >= 15 is 0 Å². The molecule has 0 radical (unpaired) electrons. The number of nitrogens with one attached hydrogen (secondary N) is 1. The number of hydrogen-bond donors (Lipinski definition) is 1. The summed E-state index contributed by atoms with van der Waals surface area (Å²) in [6.07, 6.45) is 5.80. The quantitative estimate of drug-likeness (QED) is 0.577. The lowest BCUT2D eigenvalue weighted by atomic mass is 10.1. The summed E-state index contributed by atoms with van der Waals surface area (Å²) in [5, 5.41) is 3.23. The lowest BCUT2D eigenvalue weighted by Crippen LogP contribution is -2.38. The first-order valence-corrected chi connectivity index (χ1v) is 13.6. The first-order chi connectivity index (χ1) is 16.9. The molecule has 3 aliphatic rings. The first-order valence-electron chi connectivity index (χ1n) is 11.6. The molecular weight excluding hydrogens is 484 g/mol. The fraction of sp³-hybridized carbons (Fsp3) is 0.269. The topological polar surface area (TPSA) is 92.3 Å². The maximum absolute atomic E-state index is 13.1. The highest BCUT2D eigenvalue weighted by Crippen LogP contribution is 2.37. The van der Waals surface area contributed by atoms with Crippen LogP contribution in [0.1, 0.15) is 40.2 Å². The number of piperidine rings is 1. The molecule has 1 saturated heterocycles. The van der Waals surface area contributed by atoms with Crippen molar-refractivity contribution in [2.45, 2.75) is 36.0 Å². The second-order valence-electron chi connectivity index (χ2n) is 9.05. The standard InChI is InChI=1S/C26H23ClN4O3S/c27-20-5-1-3-17-15-31(26(32)24(17)20)23-11-10-21-25(23)30-22(14-29-21)16-6-8-18(9-7-16)35(33,34)19-4-2-12-28-13-19/h1,3,5-9,11,14,19,28H,2,4,10,12-13,15H2. The van der Waals surface area contributed by atoms with Gasteiger partial charge >= 0.3 is 0 Å². The highest BCUT2D eigenvalue weighted by molar-refractivity contribution is 7.92. The third-order valence-corrected chi connectivity index (χ3v) is 9.45. The van der Waals surface area contributed by atoms with Crippen molar-refractivity contribution in [1.82, 2.24) is 20.2 Å². The summed E-state index contributed by atoms with van der Waals surface area (Å²) in [5.41, 5.74) is 5.04. The van der Waals surface area contributed by atoms with Gasteiger partial charge in [-0.25, -0.2) is 13.4 Å². The van der Waals surface area contributed by atoms with Gasteiger partial charge in [0.15, 0.2) is 9.84 Å². The van der Waals surface area contributed by atoms with Gasteiger partial charge in [0.05, 0.1) is 50.6 Å². The van der Waals surface area contributed by atoms with Gasteiger partial charge < -0.3 is 10.2 Å². The number of rotatable bonds is 4. The number of halogens is 1. The van der Waals surface area contributed by atoms with E-state index in [9.17, 15) is 13.2 Å². The van der Waals surface area contributed by atoms with Crippen LogP contribution in [-0.4, -0.2) is 47.5 Å². The van der Waals surface area contributed by atoms with E-state index in [0.717, 1.165) is 35.5 Å². The Labute approximate surface area is 208 Å². The van der Waals surface area contributed by atoms with Gasteiger partial charge in [-0.15, -0.1) is 0 Å². The van der Waals surface area contributed by atoms with Crippen molar-refractivity contribution in [2.24, 2.45) is 0 Å². The normalized spacial score (nSPS) is 19.5. The third kappa shape index (κ3) is 3.76. The van der Waals surface area contributed by atoms with Crippen molar-refractivity contribution in [3.8, 4) is 11.3 Å². The zero-order chi connectivity index (χ0) is 24.2. The maximum atomic E-state index is 13.1. The molecule has 6 rings (SSSR count). The van der Waals surface area contributed by atoms with E-state index in [-0.39, 0.29) is 5.91 Å². The summed E-state index contributed by atoms with van der Waals surface area (Å²) >= 11 is 6.30. The number of fused-ring (bicyclic) bond motifs is 2. The Morgan fingerprint density at radius 1 is 1.11 bits per heavy atom. The lowest BCUT2D eigenvalue weighted by molar-refractivity contribution is 0.0854. The minimum absolute atomic E-state index is 0.135. The van der Waals surface area contributed by atoms with Gasteiger partial charge in [-0.2, -0.15) is 0 Å². The molecule has 1 fully saturated rings. The smallest absolute Gasteiger partial charge is 0.260 e. The predicted octanol–water partition coefficient (Wildman–Crippen LogP) is 3.88. The Morgan fingerprint density at radius 2 is 1.94 bits per heavy atom. The lowest BCUT2D eigenvalue weighted by Gasteiger charge is -2.22. The van der Waals surface area contributed by atoms with E-state index in [1.807, 2.05) is 18.2 Å². The molecule has 9 heteroatoms. The molecule has 1 amide bonds. The van der Waals surface area contributed by atoms with Gasteiger partial charge in [0, 0.05) is 18.5 Å². The first kappa shape index (κ1) is 22.4. The number of benzene rings is 2. The summed E-state index contributed by atoms with van der Waals surface area (Å²) in [6, 6.07) is 12.3. The number of carbonyl (C=O) groups excluding carboxylic acids is 1. The number of carbonyl (C=O) groups is 1. The Balaban J connectivity index is 1.28. The van der Waals surface area contributed by atoms with Gasteiger partial charge in [0.2, 0.25) is 0 Å². The zero-order valence-electron chi connectivity index (χ0n) is 18.9. The van der Waals surface area contributed by atoms with Crippen molar-refractivity contribution < 1.29 is 13.2 Å². The number of aromatic nitrogens is 2. The number of amides is 1. The highest BCUT2D eigenvalue weighted by Gasteiger charge is 2.35. The van der Waals surface area contributed by atoms with Crippen molar-refractivity contribution in [2.75, 3.05) is 13.1 Å². The minimum atomic E-state index is -3.39. The Morgan fingerprint density at radius 3 is 2.69 bits per heavy atom. The van der Waals surface area contributed by atoms with E-state index in [1.54, 1.807) is 41.4 Å². The number of hydrogen-bond acceptors (Lipinski definition) is 6. The SMILES string of the molecule is O=C1c2c(Cl)cccc2CN1C1=CCc2ncc(-c3ccc(S(=O)(=O)C4CCCNC4)cc3)nc21. The molecule has 0 bridgehead atoms. The molecule has 3 heterocycles. The van der Waals surface area contributed by atoms with E-state index in [4.69, 9.17) is 16.6 Å². The largest absolute Gasteiger partial charge is 0.315 e. The highest BCUT2D eigenvalue weighted by atomic mass is 35.5. The molecule has 2 aromatic carbocycles. The molecule has 1 N–H and O–H groups in total. The zero-order valence-corrected chi connectivity index (χ0v) is 20.4. The molecule has 0 spiro atoms. The van der Waals surface area contributed by atoms with Gasteiger partial charge in [-0.1, -0.05) is 41.9 Å². The average molecular weight is 507 g/mol. The second kappa shape index (κ2) is 8.55. The number of sulfone groups is 1. The molecule has 35 heavy (non-hydrogen) atoms. The maximum Gasteiger partial charge on any atom is 0.260 e. The van der Waals surface area contributed by atoms with Crippen LogP contribution in [0, 0.1) is 0 Å². The minimum Gasteiger partial charge on any atom is -0.315 e. The van der Waals surface area contributed by atoms with E-state index in [0.29, 0.717) is 52.8 Å². The molecule has 2 aliphatic heterocycles. The van der Waals surface area contributed by atoms with Crippen LogP contribution in [0.25, 0.3) is 17.0 Å². The summed E-state index contributed by atoms with van der Waals surface area (Å²) in [4.78, 5) is 24.6. The second-order valence-corrected chi connectivity index (χ2v) is 11.7. The van der Waals surface area contributed by atoms with Gasteiger partial charge in [0.25, 0.3) is 5.91 Å². The fourth-order valence-electron chi connectivity index (χ4n) is 5.04. The third-order valence-electron chi connectivity index (χ3n) is 6.93. The monoisotopic (exact) mass is 506 g/mol. The van der Waals surface area contributed by atoms with Crippen molar-refractivity contribution >= 4 is 33.0 Å². The molecule has 1 unspecified atom stereocenters. The Bertz CT molecular complexity index is 1480. The molecule has 1 aliphatic carbocycles. The van der Waals surface area contributed by atoms with Crippen LogP contribution >= 0.6 is 11.6 Å². The Kier molecular flexibility index (Phi) is 5.47. The van der Waals surface area contributed by atoms with E-state index < -0.39 is 15.1 Å². The van der Waals surface area contributed by atoms with E-state index in [1.165, 1.54) is 0 Å². The molecule has 3 aromatic rings. The fourth-order valence-corrected chi connectivity index (χ4v) is 7.03. The average Bonchev–Trinajstić information content (AvgIpc) is 3.45. The van der Waals surface area contributed by atoms with Gasteiger partial charge in [-0.3, -0.25) is 9.78 Å². The van der Waals surface area contributed by atoms with Crippen LogP contribution in [-0.2, 0) is 22.8 Å². The van der Waals surface area contributed by atoms with Crippen molar-refractivity contribution in [1.29, 1.82) is 0 Å². The molecule has 0 saturated carbocycles.